The summed E-state index contributed by atoms with van der Waals surface area (Å²) in [6.45, 7) is 1.65. The molecule has 2 N–H and O–H groups in total. The van der Waals surface area contributed by atoms with Gasteiger partial charge in [-0.3, -0.25) is 9.59 Å². The quantitative estimate of drug-likeness (QED) is 0.305. The number of carbonyl (C=O) groups is 2. The summed E-state index contributed by atoms with van der Waals surface area (Å²) in [6, 6.07) is 21.1. The van der Waals surface area contributed by atoms with Gasteiger partial charge in [-0.2, -0.15) is 0 Å². The Morgan fingerprint density at radius 1 is 0.919 bits per heavy atom. The zero-order valence-corrected chi connectivity index (χ0v) is 21.0. The highest BCUT2D eigenvalue weighted by Gasteiger charge is 2.22. The van der Waals surface area contributed by atoms with Crippen molar-refractivity contribution >= 4 is 45.8 Å². The summed E-state index contributed by atoms with van der Waals surface area (Å²) < 4.78 is 0. The smallest absolute Gasteiger partial charge is 0.308 e. The van der Waals surface area contributed by atoms with Crippen LogP contribution in [0.5, 0.6) is 0 Å². The van der Waals surface area contributed by atoms with Crippen molar-refractivity contribution in [2.45, 2.75) is 32.1 Å². The third-order valence-corrected chi connectivity index (χ3v) is 6.86. The van der Waals surface area contributed by atoms with Crippen molar-refractivity contribution in [3.63, 3.8) is 0 Å². The highest BCUT2D eigenvalue weighted by atomic mass is 35.5. The number of amides is 1. The molecular formula is C29H27ClN4O3. The Hall–Kier alpha value is -3.97. The lowest BCUT2D eigenvalue weighted by atomic mass is 10.1. The second-order valence-electron chi connectivity index (χ2n) is 9.24. The molecule has 0 radical (unpaired) electrons. The third-order valence-electron chi connectivity index (χ3n) is 6.55. The van der Waals surface area contributed by atoms with Gasteiger partial charge in [0.2, 0.25) is 0 Å². The van der Waals surface area contributed by atoms with Gasteiger partial charge in [0.25, 0.3) is 5.91 Å². The molecule has 37 heavy (non-hydrogen) atoms. The first-order valence-electron chi connectivity index (χ1n) is 12.4. The minimum absolute atomic E-state index is 0.172. The molecule has 1 aromatic heterocycles. The fraction of sp³-hybridized carbons (Fsp3) is 0.241. The van der Waals surface area contributed by atoms with E-state index in [9.17, 15) is 14.7 Å². The normalized spacial score (nSPS) is 13.5. The minimum atomic E-state index is -0.960. The van der Waals surface area contributed by atoms with E-state index in [1.54, 1.807) is 0 Å². The Morgan fingerprint density at radius 2 is 1.65 bits per heavy atom. The van der Waals surface area contributed by atoms with Crippen LogP contribution in [0.4, 0.5) is 11.5 Å². The highest BCUT2D eigenvalue weighted by Crippen LogP contribution is 2.28. The van der Waals surface area contributed by atoms with E-state index in [4.69, 9.17) is 16.6 Å². The predicted octanol–water partition coefficient (Wildman–Crippen LogP) is 5.74. The van der Waals surface area contributed by atoms with Crippen LogP contribution in [0, 0.1) is 0 Å². The lowest BCUT2D eigenvalue weighted by Crippen LogP contribution is -2.32. The summed E-state index contributed by atoms with van der Waals surface area (Å²) in [5, 5.41) is 14.6. The standard InChI is InChI=1S/C29H27ClN4O3/c30-27-24(18-26(35)36)28(34-14-4-1-5-15-34)33-25(32-27)16-19-8-12-23(13-9-19)31-29(37)22-11-10-20-6-2-3-7-21(20)17-22/h2-3,6-13,17H,1,4-5,14-16,18H2,(H,31,37)(H,35,36). The highest BCUT2D eigenvalue weighted by molar-refractivity contribution is 6.30. The fourth-order valence-electron chi connectivity index (χ4n) is 4.66. The van der Waals surface area contributed by atoms with E-state index < -0.39 is 5.97 Å². The number of anilines is 2. The number of nitrogens with zero attached hydrogens (tertiary/aromatic N) is 3. The van der Waals surface area contributed by atoms with Crippen LogP contribution in [0.1, 0.15) is 46.6 Å². The van der Waals surface area contributed by atoms with Crippen molar-refractivity contribution < 1.29 is 14.7 Å². The molecule has 188 valence electrons. The van der Waals surface area contributed by atoms with Gasteiger partial charge in [0.1, 0.15) is 16.8 Å². The van der Waals surface area contributed by atoms with Gasteiger partial charge in [-0.25, -0.2) is 9.97 Å². The van der Waals surface area contributed by atoms with Crippen molar-refractivity contribution in [3.05, 3.63) is 94.4 Å². The number of rotatable bonds is 7. The molecule has 2 heterocycles. The van der Waals surface area contributed by atoms with Crippen LogP contribution in [0.25, 0.3) is 10.8 Å². The van der Waals surface area contributed by atoms with Gasteiger partial charge in [-0.15, -0.1) is 0 Å². The van der Waals surface area contributed by atoms with Crippen LogP contribution in [-0.4, -0.2) is 40.0 Å². The van der Waals surface area contributed by atoms with Crippen LogP contribution >= 0.6 is 11.6 Å². The van der Waals surface area contributed by atoms with E-state index in [2.05, 4.69) is 15.2 Å². The summed E-state index contributed by atoms with van der Waals surface area (Å²) in [4.78, 5) is 35.5. The summed E-state index contributed by atoms with van der Waals surface area (Å²) in [7, 11) is 0. The summed E-state index contributed by atoms with van der Waals surface area (Å²) in [5.41, 5.74) is 2.70. The molecule has 0 saturated carbocycles. The monoisotopic (exact) mass is 514 g/mol. The van der Waals surface area contributed by atoms with E-state index in [1.165, 1.54) is 0 Å². The first kappa shape index (κ1) is 24.7. The molecule has 3 aromatic carbocycles. The lowest BCUT2D eigenvalue weighted by molar-refractivity contribution is -0.136. The first-order chi connectivity index (χ1) is 18.0. The molecular weight excluding hydrogens is 488 g/mol. The van der Waals surface area contributed by atoms with Crippen LogP contribution in [0.3, 0.4) is 0 Å². The number of hydrogen-bond donors (Lipinski definition) is 2. The zero-order chi connectivity index (χ0) is 25.8. The molecule has 1 aliphatic rings. The number of carboxylic acids is 1. The third kappa shape index (κ3) is 5.89. The van der Waals surface area contributed by atoms with Crippen molar-refractivity contribution in [1.82, 2.24) is 9.97 Å². The molecule has 7 nitrogen and oxygen atoms in total. The molecule has 1 fully saturated rings. The number of piperidine rings is 1. The van der Waals surface area contributed by atoms with Crippen LogP contribution < -0.4 is 10.2 Å². The summed E-state index contributed by atoms with van der Waals surface area (Å²) in [6.07, 6.45) is 3.45. The Bertz CT molecular complexity index is 1450. The van der Waals surface area contributed by atoms with Gasteiger partial charge < -0.3 is 15.3 Å². The molecule has 1 amide bonds. The molecule has 0 aliphatic carbocycles. The van der Waals surface area contributed by atoms with Crippen LogP contribution in [0.2, 0.25) is 5.15 Å². The van der Waals surface area contributed by atoms with E-state index in [0.717, 1.165) is 48.7 Å². The average molecular weight is 515 g/mol. The number of aromatic nitrogens is 2. The average Bonchev–Trinajstić information content (AvgIpc) is 2.91. The number of carbonyl (C=O) groups excluding carboxylic acids is 1. The molecule has 0 bridgehead atoms. The van der Waals surface area contributed by atoms with Crippen molar-refractivity contribution in [2.75, 3.05) is 23.3 Å². The van der Waals surface area contributed by atoms with Crippen LogP contribution in [0.15, 0.2) is 66.7 Å². The Morgan fingerprint density at radius 3 is 2.38 bits per heavy atom. The number of benzene rings is 3. The van der Waals surface area contributed by atoms with E-state index in [1.807, 2.05) is 66.7 Å². The first-order valence-corrected chi connectivity index (χ1v) is 12.8. The molecule has 4 aromatic rings. The predicted molar refractivity (Wildman–Crippen MR) is 146 cm³/mol. The van der Waals surface area contributed by atoms with Gasteiger partial charge in [-0.05, 0) is 59.9 Å². The maximum absolute atomic E-state index is 12.8. The minimum Gasteiger partial charge on any atom is -0.481 e. The maximum Gasteiger partial charge on any atom is 0.308 e. The van der Waals surface area contributed by atoms with Crippen molar-refractivity contribution in [3.8, 4) is 0 Å². The molecule has 5 rings (SSSR count). The van der Waals surface area contributed by atoms with Gasteiger partial charge in [0, 0.05) is 36.3 Å². The molecule has 0 atom stereocenters. The van der Waals surface area contributed by atoms with Gasteiger partial charge >= 0.3 is 5.97 Å². The fourth-order valence-corrected chi connectivity index (χ4v) is 4.91. The molecule has 0 spiro atoms. The number of aliphatic carboxylic acids is 1. The van der Waals surface area contributed by atoms with Gasteiger partial charge in [-0.1, -0.05) is 54.1 Å². The zero-order valence-electron chi connectivity index (χ0n) is 20.3. The Kier molecular flexibility index (Phi) is 7.32. The molecule has 1 aliphatic heterocycles. The number of fused-ring (bicyclic) bond motifs is 1. The Labute approximate surface area is 220 Å². The molecule has 1 saturated heterocycles. The topological polar surface area (TPSA) is 95.4 Å². The Balaban J connectivity index is 1.31. The molecule has 8 heteroatoms. The van der Waals surface area contributed by atoms with E-state index >= 15 is 0 Å². The van der Waals surface area contributed by atoms with Crippen molar-refractivity contribution in [1.29, 1.82) is 0 Å². The van der Waals surface area contributed by atoms with Gasteiger partial charge in [0.15, 0.2) is 0 Å². The SMILES string of the molecule is O=C(O)Cc1c(Cl)nc(Cc2ccc(NC(=O)c3ccc4ccccc4c3)cc2)nc1N1CCCCC1. The summed E-state index contributed by atoms with van der Waals surface area (Å²) >= 11 is 6.45. The lowest BCUT2D eigenvalue weighted by Gasteiger charge is -2.29. The number of nitrogens with one attached hydrogen (secondary N) is 1. The number of halogens is 1. The number of carboxylic acid groups (broad SMARTS) is 1. The number of hydrogen-bond acceptors (Lipinski definition) is 5. The van der Waals surface area contributed by atoms with Crippen molar-refractivity contribution in [2.24, 2.45) is 0 Å². The van der Waals surface area contributed by atoms with E-state index in [0.29, 0.717) is 34.9 Å². The van der Waals surface area contributed by atoms with Gasteiger partial charge in [0.05, 0.1) is 6.42 Å². The largest absolute Gasteiger partial charge is 0.481 e. The molecule has 0 unspecified atom stereocenters. The van der Waals surface area contributed by atoms with E-state index in [-0.39, 0.29) is 17.5 Å². The second kappa shape index (κ2) is 11.0. The van der Waals surface area contributed by atoms with Crippen LogP contribution in [-0.2, 0) is 17.6 Å². The summed E-state index contributed by atoms with van der Waals surface area (Å²) in [5.74, 6) is 0.0238. The maximum atomic E-state index is 12.8. The second-order valence-corrected chi connectivity index (χ2v) is 9.60.